The van der Waals surface area contributed by atoms with Gasteiger partial charge in [-0.3, -0.25) is 0 Å². The van der Waals surface area contributed by atoms with Crippen molar-refractivity contribution >= 4 is 5.65 Å². The molecule has 0 amide bonds. The third-order valence-electron chi connectivity index (χ3n) is 3.99. The molecule has 5 nitrogen and oxygen atoms in total. The minimum atomic E-state index is 0.557. The SMILES string of the molecule is COc1ccc(OC)c(-c2nc3c(C)cccn3c2CCN)c1. The summed E-state index contributed by atoms with van der Waals surface area (Å²) in [5.41, 5.74) is 10.8. The zero-order chi connectivity index (χ0) is 16.4. The van der Waals surface area contributed by atoms with Gasteiger partial charge in [-0.1, -0.05) is 6.07 Å². The molecule has 3 rings (SSSR count). The maximum Gasteiger partial charge on any atom is 0.140 e. The molecule has 2 aromatic heterocycles. The van der Waals surface area contributed by atoms with Crippen LogP contribution in [-0.4, -0.2) is 30.1 Å². The summed E-state index contributed by atoms with van der Waals surface area (Å²) in [7, 11) is 3.31. The van der Waals surface area contributed by atoms with Gasteiger partial charge in [0.15, 0.2) is 0 Å². The van der Waals surface area contributed by atoms with Gasteiger partial charge in [0.05, 0.1) is 25.6 Å². The van der Waals surface area contributed by atoms with Crippen LogP contribution in [0.3, 0.4) is 0 Å². The molecule has 0 unspecified atom stereocenters. The summed E-state index contributed by atoms with van der Waals surface area (Å²) in [6.07, 6.45) is 2.76. The second-order valence-corrected chi connectivity index (χ2v) is 5.40. The average Bonchev–Trinajstić information content (AvgIpc) is 2.95. The average molecular weight is 311 g/mol. The normalized spacial score (nSPS) is 11.0. The molecule has 0 fully saturated rings. The Morgan fingerprint density at radius 3 is 2.70 bits per heavy atom. The number of fused-ring (bicyclic) bond motifs is 1. The number of imidazole rings is 1. The van der Waals surface area contributed by atoms with Crippen molar-refractivity contribution in [1.29, 1.82) is 0 Å². The van der Waals surface area contributed by atoms with E-state index in [0.29, 0.717) is 6.54 Å². The molecule has 0 bridgehead atoms. The zero-order valence-corrected chi connectivity index (χ0v) is 13.7. The van der Waals surface area contributed by atoms with E-state index in [4.69, 9.17) is 20.2 Å². The molecule has 0 atom stereocenters. The molecule has 0 saturated carbocycles. The largest absolute Gasteiger partial charge is 0.497 e. The molecule has 2 N–H and O–H groups in total. The number of benzene rings is 1. The van der Waals surface area contributed by atoms with Crippen LogP contribution in [0.1, 0.15) is 11.3 Å². The summed E-state index contributed by atoms with van der Waals surface area (Å²) < 4.78 is 13.0. The summed E-state index contributed by atoms with van der Waals surface area (Å²) in [6.45, 7) is 2.61. The standard InChI is InChI=1S/C18H21N3O2/c1-12-5-4-10-21-15(8-9-19)17(20-18(12)21)14-11-13(22-2)6-7-16(14)23-3/h4-7,10-11H,8-9,19H2,1-3H3. The first-order chi connectivity index (χ1) is 11.2. The van der Waals surface area contributed by atoms with Gasteiger partial charge in [0.25, 0.3) is 0 Å². The zero-order valence-electron chi connectivity index (χ0n) is 13.7. The van der Waals surface area contributed by atoms with Crippen molar-refractivity contribution in [2.24, 2.45) is 5.73 Å². The molecule has 1 aromatic carbocycles. The van der Waals surface area contributed by atoms with E-state index in [9.17, 15) is 0 Å². The Bertz CT molecular complexity index is 840. The molecular formula is C18H21N3O2. The van der Waals surface area contributed by atoms with E-state index >= 15 is 0 Å². The maximum absolute atomic E-state index is 5.83. The van der Waals surface area contributed by atoms with E-state index in [-0.39, 0.29) is 0 Å². The van der Waals surface area contributed by atoms with Crippen LogP contribution in [-0.2, 0) is 6.42 Å². The van der Waals surface area contributed by atoms with Gasteiger partial charge < -0.3 is 19.6 Å². The predicted octanol–water partition coefficient (Wildman–Crippen LogP) is 2.83. The second-order valence-electron chi connectivity index (χ2n) is 5.40. The lowest BCUT2D eigenvalue weighted by Gasteiger charge is -2.10. The first-order valence-electron chi connectivity index (χ1n) is 7.58. The minimum Gasteiger partial charge on any atom is -0.497 e. The third-order valence-corrected chi connectivity index (χ3v) is 3.99. The summed E-state index contributed by atoms with van der Waals surface area (Å²) >= 11 is 0. The number of hydrogen-bond donors (Lipinski definition) is 1. The van der Waals surface area contributed by atoms with Crippen LogP contribution in [0, 0.1) is 6.92 Å². The first-order valence-corrected chi connectivity index (χ1v) is 7.58. The van der Waals surface area contributed by atoms with Crippen molar-refractivity contribution < 1.29 is 9.47 Å². The molecule has 0 aliphatic heterocycles. The number of nitrogens with zero attached hydrogens (tertiary/aromatic N) is 2. The van der Waals surface area contributed by atoms with Crippen LogP contribution in [0.5, 0.6) is 11.5 Å². The van der Waals surface area contributed by atoms with Gasteiger partial charge in [-0.05, 0) is 43.3 Å². The predicted molar refractivity (Wildman–Crippen MR) is 91.2 cm³/mol. The van der Waals surface area contributed by atoms with Crippen molar-refractivity contribution in [1.82, 2.24) is 9.38 Å². The summed E-state index contributed by atoms with van der Waals surface area (Å²) in [5, 5.41) is 0. The van der Waals surface area contributed by atoms with Crippen LogP contribution >= 0.6 is 0 Å². The molecule has 0 saturated heterocycles. The Morgan fingerprint density at radius 2 is 2.00 bits per heavy atom. The van der Waals surface area contributed by atoms with Gasteiger partial charge in [0, 0.05) is 18.2 Å². The smallest absolute Gasteiger partial charge is 0.140 e. The molecule has 0 spiro atoms. The molecule has 23 heavy (non-hydrogen) atoms. The Hall–Kier alpha value is -2.53. The Balaban J connectivity index is 2.31. The number of ether oxygens (including phenoxy) is 2. The van der Waals surface area contributed by atoms with E-state index in [2.05, 4.69) is 17.4 Å². The van der Waals surface area contributed by atoms with Gasteiger partial charge >= 0.3 is 0 Å². The fourth-order valence-electron chi connectivity index (χ4n) is 2.84. The van der Waals surface area contributed by atoms with Gasteiger partial charge in [0.1, 0.15) is 17.1 Å². The van der Waals surface area contributed by atoms with Crippen LogP contribution in [0.4, 0.5) is 0 Å². The molecule has 0 aliphatic rings. The molecule has 2 heterocycles. The summed E-state index contributed by atoms with van der Waals surface area (Å²) in [5.74, 6) is 1.54. The highest BCUT2D eigenvalue weighted by Gasteiger charge is 2.18. The number of rotatable bonds is 5. The number of pyridine rings is 1. The molecular weight excluding hydrogens is 290 g/mol. The van der Waals surface area contributed by atoms with E-state index in [1.165, 1.54) is 0 Å². The van der Waals surface area contributed by atoms with E-state index in [1.54, 1.807) is 14.2 Å². The van der Waals surface area contributed by atoms with Crippen molar-refractivity contribution in [2.45, 2.75) is 13.3 Å². The number of methoxy groups -OCH3 is 2. The summed E-state index contributed by atoms with van der Waals surface area (Å²) in [6, 6.07) is 9.82. The fourth-order valence-corrected chi connectivity index (χ4v) is 2.84. The van der Waals surface area contributed by atoms with Gasteiger partial charge in [-0.25, -0.2) is 4.98 Å². The second kappa shape index (κ2) is 6.30. The van der Waals surface area contributed by atoms with Crippen molar-refractivity contribution in [2.75, 3.05) is 20.8 Å². The highest BCUT2D eigenvalue weighted by molar-refractivity contribution is 5.74. The highest BCUT2D eigenvalue weighted by atomic mass is 16.5. The van der Waals surface area contributed by atoms with Crippen molar-refractivity contribution in [3.63, 3.8) is 0 Å². The number of hydrogen-bond acceptors (Lipinski definition) is 4. The topological polar surface area (TPSA) is 61.8 Å². The Kier molecular flexibility index (Phi) is 4.21. The lowest BCUT2D eigenvalue weighted by Crippen LogP contribution is -2.06. The molecule has 5 heteroatoms. The first kappa shape index (κ1) is 15.4. The molecule has 0 radical (unpaired) electrons. The van der Waals surface area contributed by atoms with Gasteiger partial charge in [-0.15, -0.1) is 0 Å². The fraction of sp³-hybridized carbons (Fsp3) is 0.278. The van der Waals surface area contributed by atoms with Crippen LogP contribution in [0.2, 0.25) is 0 Å². The highest BCUT2D eigenvalue weighted by Crippen LogP contribution is 2.35. The molecule has 0 aliphatic carbocycles. The molecule has 120 valence electrons. The lowest BCUT2D eigenvalue weighted by molar-refractivity contribution is 0.404. The van der Waals surface area contributed by atoms with E-state index < -0.39 is 0 Å². The van der Waals surface area contributed by atoms with Crippen LogP contribution in [0.15, 0.2) is 36.5 Å². The lowest BCUT2D eigenvalue weighted by atomic mass is 10.1. The van der Waals surface area contributed by atoms with Crippen LogP contribution < -0.4 is 15.2 Å². The monoisotopic (exact) mass is 311 g/mol. The van der Waals surface area contributed by atoms with Crippen molar-refractivity contribution in [3.8, 4) is 22.8 Å². The molecule has 3 aromatic rings. The number of aromatic nitrogens is 2. The van der Waals surface area contributed by atoms with Gasteiger partial charge in [0.2, 0.25) is 0 Å². The number of nitrogens with two attached hydrogens (primary N) is 1. The summed E-state index contributed by atoms with van der Waals surface area (Å²) in [4.78, 5) is 4.86. The Morgan fingerprint density at radius 1 is 1.17 bits per heavy atom. The van der Waals surface area contributed by atoms with E-state index in [0.717, 1.165) is 46.1 Å². The quantitative estimate of drug-likeness (QED) is 0.787. The van der Waals surface area contributed by atoms with Crippen LogP contribution in [0.25, 0.3) is 16.9 Å². The maximum atomic E-state index is 5.83. The number of aryl methyl sites for hydroxylation is 1. The minimum absolute atomic E-state index is 0.557. The van der Waals surface area contributed by atoms with E-state index in [1.807, 2.05) is 30.5 Å². The van der Waals surface area contributed by atoms with Crippen molar-refractivity contribution in [3.05, 3.63) is 47.8 Å². The third kappa shape index (κ3) is 2.64. The Labute approximate surface area is 135 Å². The van der Waals surface area contributed by atoms with Gasteiger partial charge in [-0.2, -0.15) is 0 Å².